The SMILES string of the molecule is CC(C)(C)OC(=O)Nc1ccc(C(=O)NNC(=S)NCc2ccc(F)cc2)cc1. The van der Waals surface area contributed by atoms with Crippen molar-refractivity contribution in [2.75, 3.05) is 5.32 Å². The molecule has 0 saturated heterocycles. The Hall–Kier alpha value is -3.20. The quantitative estimate of drug-likeness (QED) is 0.449. The zero-order valence-corrected chi connectivity index (χ0v) is 17.2. The summed E-state index contributed by atoms with van der Waals surface area (Å²) in [5.74, 6) is -0.714. The highest BCUT2D eigenvalue weighted by atomic mass is 32.1. The van der Waals surface area contributed by atoms with E-state index in [4.69, 9.17) is 17.0 Å². The number of carbonyl (C=O) groups excluding carboxylic acids is 2. The van der Waals surface area contributed by atoms with Crippen LogP contribution in [-0.4, -0.2) is 22.7 Å². The molecule has 0 radical (unpaired) electrons. The molecule has 0 aliphatic heterocycles. The van der Waals surface area contributed by atoms with Gasteiger partial charge in [-0.25, -0.2) is 9.18 Å². The van der Waals surface area contributed by atoms with Gasteiger partial charge in [0.15, 0.2) is 5.11 Å². The predicted molar refractivity (Wildman–Crippen MR) is 113 cm³/mol. The van der Waals surface area contributed by atoms with Gasteiger partial charge in [-0.3, -0.25) is 21.0 Å². The molecule has 0 fully saturated rings. The second-order valence-corrected chi connectivity index (χ2v) is 7.50. The van der Waals surface area contributed by atoms with E-state index in [1.165, 1.54) is 12.1 Å². The Balaban J connectivity index is 1.77. The molecule has 2 amide bonds. The minimum atomic E-state index is -0.598. The van der Waals surface area contributed by atoms with Gasteiger partial charge in [0.25, 0.3) is 5.91 Å². The van der Waals surface area contributed by atoms with E-state index in [1.807, 2.05) is 0 Å². The second-order valence-electron chi connectivity index (χ2n) is 7.09. The third kappa shape index (κ3) is 8.14. The first-order valence-electron chi connectivity index (χ1n) is 8.81. The van der Waals surface area contributed by atoms with Crippen LogP contribution in [0.4, 0.5) is 14.9 Å². The Labute approximate surface area is 174 Å². The summed E-state index contributed by atoms with van der Waals surface area (Å²) in [5, 5.41) is 5.70. The largest absolute Gasteiger partial charge is 0.444 e. The van der Waals surface area contributed by atoms with Gasteiger partial charge in [0.05, 0.1) is 0 Å². The molecule has 154 valence electrons. The molecule has 0 atom stereocenters. The topological polar surface area (TPSA) is 91.5 Å². The van der Waals surface area contributed by atoms with Crippen molar-refractivity contribution in [1.82, 2.24) is 16.2 Å². The first kappa shape index (κ1) is 22.1. The second kappa shape index (κ2) is 9.83. The van der Waals surface area contributed by atoms with Crippen molar-refractivity contribution in [2.45, 2.75) is 32.9 Å². The molecule has 0 aromatic heterocycles. The van der Waals surface area contributed by atoms with Crippen molar-refractivity contribution in [1.29, 1.82) is 0 Å². The number of ether oxygens (including phenoxy) is 1. The van der Waals surface area contributed by atoms with Crippen LogP contribution in [-0.2, 0) is 11.3 Å². The Morgan fingerprint density at radius 3 is 2.21 bits per heavy atom. The maximum Gasteiger partial charge on any atom is 0.412 e. The highest BCUT2D eigenvalue weighted by molar-refractivity contribution is 7.80. The van der Waals surface area contributed by atoms with Crippen LogP contribution < -0.4 is 21.5 Å². The first-order chi connectivity index (χ1) is 13.6. The fourth-order valence-electron chi connectivity index (χ4n) is 2.14. The van der Waals surface area contributed by atoms with Crippen LogP contribution in [0.5, 0.6) is 0 Å². The van der Waals surface area contributed by atoms with E-state index in [2.05, 4.69) is 21.5 Å². The van der Waals surface area contributed by atoms with Crippen molar-refractivity contribution >= 4 is 35.0 Å². The van der Waals surface area contributed by atoms with E-state index in [1.54, 1.807) is 57.2 Å². The Morgan fingerprint density at radius 1 is 1.00 bits per heavy atom. The average Bonchev–Trinajstić information content (AvgIpc) is 2.64. The number of benzene rings is 2. The van der Waals surface area contributed by atoms with Crippen LogP contribution in [0, 0.1) is 5.82 Å². The molecule has 0 unspecified atom stereocenters. The van der Waals surface area contributed by atoms with E-state index < -0.39 is 17.6 Å². The lowest BCUT2D eigenvalue weighted by Crippen LogP contribution is -2.46. The Bertz CT molecular complexity index is 865. The number of thiocarbonyl (C=S) groups is 1. The van der Waals surface area contributed by atoms with Crippen molar-refractivity contribution in [3.8, 4) is 0 Å². The normalized spacial score (nSPS) is 10.6. The van der Waals surface area contributed by atoms with Crippen LogP contribution in [0.2, 0.25) is 0 Å². The number of halogens is 1. The maximum absolute atomic E-state index is 12.9. The molecule has 2 rings (SSSR count). The van der Waals surface area contributed by atoms with Gasteiger partial charge in [0.2, 0.25) is 0 Å². The molecule has 4 N–H and O–H groups in total. The van der Waals surface area contributed by atoms with Crippen molar-refractivity contribution < 1.29 is 18.7 Å². The lowest BCUT2D eigenvalue weighted by Gasteiger charge is -2.19. The van der Waals surface area contributed by atoms with E-state index in [9.17, 15) is 14.0 Å². The number of carbonyl (C=O) groups is 2. The number of amides is 2. The Morgan fingerprint density at radius 2 is 1.62 bits per heavy atom. The first-order valence-corrected chi connectivity index (χ1v) is 9.22. The van der Waals surface area contributed by atoms with E-state index in [0.717, 1.165) is 5.56 Å². The lowest BCUT2D eigenvalue weighted by atomic mass is 10.2. The molecule has 2 aromatic rings. The predicted octanol–water partition coefficient (Wildman–Crippen LogP) is 3.48. The molecule has 0 heterocycles. The van der Waals surface area contributed by atoms with Gasteiger partial charge in [-0.05, 0) is 75.0 Å². The molecule has 9 heteroatoms. The summed E-state index contributed by atoms with van der Waals surface area (Å²) in [5.41, 5.74) is 6.18. The molecule has 0 bridgehead atoms. The summed E-state index contributed by atoms with van der Waals surface area (Å²) in [6, 6.07) is 12.3. The average molecular weight is 418 g/mol. The van der Waals surface area contributed by atoms with Crippen molar-refractivity contribution in [3.05, 3.63) is 65.5 Å². The zero-order valence-electron chi connectivity index (χ0n) is 16.3. The van der Waals surface area contributed by atoms with Gasteiger partial charge in [0, 0.05) is 17.8 Å². The minimum Gasteiger partial charge on any atom is -0.444 e. The summed E-state index contributed by atoms with van der Waals surface area (Å²) >= 11 is 5.09. The summed E-state index contributed by atoms with van der Waals surface area (Å²) < 4.78 is 18.0. The monoisotopic (exact) mass is 418 g/mol. The summed E-state index contributed by atoms with van der Waals surface area (Å²) in [6.45, 7) is 5.69. The van der Waals surface area contributed by atoms with Gasteiger partial charge in [-0.15, -0.1) is 0 Å². The molecular weight excluding hydrogens is 395 g/mol. The van der Waals surface area contributed by atoms with Crippen LogP contribution in [0.3, 0.4) is 0 Å². The number of hydrogen-bond donors (Lipinski definition) is 4. The molecule has 7 nitrogen and oxygen atoms in total. The molecule has 29 heavy (non-hydrogen) atoms. The minimum absolute atomic E-state index is 0.214. The van der Waals surface area contributed by atoms with Crippen LogP contribution >= 0.6 is 12.2 Å². The lowest BCUT2D eigenvalue weighted by molar-refractivity contribution is 0.0635. The highest BCUT2D eigenvalue weighted by Gasteiger charge is 2.16. The van der Waals surface area contributed by atoms with Gasteiger partial charge >= 0.3 is 6.09 Å². The third-order valence-electron chi connectivity index (χ3n) is 3.45. The Kier molecular flexibility index (Phi) is 7.49. The van der Waals surface area contributed by atoms with Crippen LogP contribution in [0.1, 0.15) is 36.7 Å². The van der Waals surface area contributed by atoms with Crippen LogP contribution in [0.15, 0.2) is 48.5 Å². The van der Waals surface area contributed by atoms with Crippen molar-refractivity contribution in [3.63, 3.8) is 0 Å². The van der Waals surface area contributed by atoms with Crippen LogP contribution in [0.25, 0.3) is 0 Å². The van der Waals surface area contributed by atoms with E-state index in [0.29, 0.717) is 17.8 Å². The molecule has 2 aromatic carbocycles. The fraction of sp³-hybridized carbons (Fsp3) is 0.250. The molecule has 0 aliphatic rings. The fourth-order valence-corrected chi connectivity index (χ4v) is 2.26. The van der Waals surface area contributed by atoms with Gasteiger partial charge in [-0.1, -0.05) is 12.1 Å². The van der Waals surface area contributed by atoms with Gasteiger partial charge in [0.1, 0.15) is 11.4 Å². The molecule has 0 spiro atoms. The highest BCUT2D eigenvalue weighted by Crippen LogP contribution is 2.13. The van der Waals surface area contributed by atoms with Crippen molar-refractivity contribution in [2.24, 2.45) is 0 Å². The summed E-state index contributed by atoms with van der Waals surface area (Å²) in [4.78, 5) is 23.9. The standard InChI is InChI=1S/C20H23FN4O3S/c1-20(2,3)28-19(27)23-16-10-6-14(7-11-16)17(26)24-25-18(29)22-12-13-4-8-15(21)9-5-13/h4-11H,12H2,1-3H3,(H,23,27)(H,24,26)(H2,22,25,29). The summed E-state index contributed by atoms with van der Waals surface area (Å²) in [6.07, 6.45) is -0.575. The maximum atomic E-state index is 12.9. The number of hydrazine groups is 1. The van der Waals surface area contributed by atoms with Gasteiger partial charge < -0.3 is 10.1 Å². The van der Waals surface area contributed by atoms with E-state index in [-0.39, 0.29) is 10.9 Å². The molecule has 0 saturated carbocycles. The third-order valence-corrected chi connectivity index (χ3v) is 3.69. The van der Waals surface area contributed by atoms with E-state index >= 15 is 0 Å². The zero-order chi connectivity index (χ0) is 21.4. The number of nitrogens with one attached hydrogen (secondary N) is 4. The molecule has 0 aliphatic carbocycles. The number of rotatable bonds is 4. The summed E-state index contributed by atoms with van der Waals surface area (Å²) in [7, 11) is 0. The number of anilines is 1. The number of hydrogen-bond acceptors (Lipinski definition) is 4. The smallest absolute Gasteiger partial charge is 0.412 e. The molecular formula is C20H23FN4O3S. The van der Waals surface area contributed by atoms with Gasteiger partial charge in [-0.2, -0.15) is 0 Å².